The van der Waals surface area contributed by atoms with Crippen LogP contribution in [-0.2, 0) is 13.1 Å². The number of nitrogens with one attached hydrogen (secondary N) is 1. The van der Waals surface area contributed by atoms with E-state index in [4.69, 9.17) is 0 Å². The minimum Gasteiger partial charge on any atom is -0.346 e. The molecule has 0 saturated carbocycles. The number of halogens is 1. The molecule has 0 aliphatic heterocycles. The van der Waals surface area contributed by atoms with Crippen molar-refractivity contribution in [2.24, 2.45) is 0 Å². The van der Waals surface area contributed by atoms with Crippen LogP contribution in [0.2, 0.25) is 0 Å². The van der Waals surface area contributed by atoms with E-state index in [1.165, 1.54) is 6.07 Å². The quantitative estimate of drug-likeness (QED) is 0.582. The third kappa shape index (κ3) is 3.58. The Morgan fingerprint density at radius 3 is 2.44 bits per heavy atom. The highest BCUT2D eigenvalue weighted by atomic mass is 19.1. The molecule has 0 radical (unpaired) electrons. The molecule has 1 amide bonds. The largest absolute Gasteiger partial charge is 0.346 e. The second kappa shape index (κ2) is 7.41. The van der Waals surface area contributed by atoms with Gasteiger partial charge < -0.3 is 5.32 Å². The molecule has 4 rings (SSSR count). The standard InChI is InChI=1S/C22H18FN3O/c23-19-12-6-4-10-17(19)14-24-22(27)21-18-11-5-7-13-20(18)26(25-21)15-16-8-2-1-3-9-16/h1-13H,14-15H2,(H,24,27). The van der Waals surface area contributed by atoms with Crippen LogP contribution in [0.4, 0.5) is 4.39 Å². The number of amides is 1. The van der Waals surface area contributed by atoms with Crippen molar-refractivity contribution in [3.05, 3.63) is 102 Å². The molecule has 4 aromatic rings. The van der Waals surface area contributed by atoms with Crippen LogP contribution >= 0.6 is 0 Å². The Bertz CT molecular complexity index is 1090. The van der Waals surface area contributed by atoms with Crippen LogP contribution in [0, 0.1) is 5.82 Å². The van der Waals surface area contributed by atoms with Crippen molar-refractivity contribution in [3.8, 4) is 0 Å². The number of carbonyl (C=O) groups excluding carboxylic acids is 1. The third-order valence-electron chi connectivity index (χ3n) is 4.45. The van der Waals surface area contributed by atoms with Crippen LogP contribution in [0.15, 0.2) is 78.9 Å². The van der Waals surface area contributed by atoms with Crippen LogP contribution in [0.1, 0.15) is 21.6 Å². The highest BCUT2D eigenvalue weighted by Crippen LogP contribution is 2.20. The van der Waals surface area contributed by atoms with E-state index in [0.717, 1.165) is 16.5 Å². The van der Waals surface area contributed by atoms with Gasteiger partial charge in [-0.25, -0.2) is 4.39 Å². The maximum Gasteiger partial charge on any atom is 0.272 e. The molecule has 1 heterocycles. The Hall–Kier alpha value is -3.47. The van der Waals surface area contributed by atoms with Gasteiger partial charge in [-0.1, -0.05) is 66.7 Å². The van der Waals surface area contributed by atoms with Gasteiger partial charge in [-0.2, -0.15) is 5.10 Å². The molecular formula is C22H18FN3O. The molecule has 0 atom stereocenters. The molecule has 0 aliphatic carbocycles. The minimum absolute atomic E-state index is 0.116. The lowest BCUT2D eigenvalue weighted by atomic mass is 10.2. The lowest BCUT2D eigenvalue weighted by Gasteiger charge is -2.05. The number of rotatable bonds is 5. The summed E-state index contributed by atoms with van der Waals surface area (Å²) in [6, 6.07) is 24.0. The number of hydrogen-bond acceptors (Lipinski definition) is 2. The number of nitrogens with zero attached hydrogens (tertiary/aromatic N) is 2. The van der Waals surface area contributed by atoms with E-state index in [1.807, 2.05) is 59.3 Å². The van der Waals surface area contributed by atoms with Crippen LogP contribution in [0.25, 0.3) is 10.9 Å². The Balaban J connectivity index is 1.61. The van der Waals surface area contributed by atoms with Gasteiger partial charge in [0, 0.05) is 17.5 Å². The van der Waals surface area contributed by atoms with E-state index in [1.54, 1.807) is 18.2 Å². The van der Waals surface area contributed by atoms with E-state index in [-0.39, 0.29) is 18.3 Å². The summed E-state index contributed by atoms with van der Waals surface area (Å²) in [7, 11) is 0. The number of hydrogen-bond donors (Lipinski definition) is 1. The molecule has 0 aliphatic rings. The average Bonchev–Trinajstić information content (AvgIpc) is 3.07. The van der Waals surface area contributed by atoms with Gasteiger partial charge in [-0.3, -0.25) is 9.48 Å². The first-order valence-electron chi connectivity index (χ1n) is 8.73. The molecule has 1 aromatic heterocycles. The Morgan fingerprint density at radius 1 is 0.926 bits per heavy atom. The Labute approximate surface area is 156 Å². The van der Waals surface area contributed by atoms with Crippen LogP contribution in [0.3, 0.4) is 0 Å². The summed E-state index contributed by atoms with van der Waals surface area (Å²) in [6.45, 7) is 0.688. The van der Waals surface area contributed by atoms with Gasteiger partial charge in [0.15, 0.2) is 5.69 Å². The van der Waals surface area contributed by atoms with E-state index in [0.29, 0.717) is 17.8 Å². The summed E-state index contributed by atoms with van der Waals surface area (Å²) in [5.74, 6) is -0.654. The number of aromatic nitrogens is 2. The van der Waals surface area contributed by atoms with Crippen molar-refractivity contribution in [3.63, 3.8) is 0 Å². The van der Waals surface area contributed by atoms with Crippen LogP contribution in [0.5, 0.6) is 0 Å². The number of carbonyl (C=O) groups is 1. The normalized spacial score (nSPS) is 10.9. The van der Waals surface area contributed by atoms with Gasteiger partial charge in [0.2, 0.25) is 0 Å². The van der Waals surface area contributed by atoms with Crippen molar-refractivity contribution < 1.29 is 9.18 Å². The zero-order chi connectivity index (χ0) is 18.6. The van der Waals surface area contributed by atoms with E-state index >= 15 is 0 Å². The molecule has 1 N–H and O–H groups in total. The van der Waals surface area contributed by atoms with Gasteiger partial charge in [-0.05, 0) is 17.7 Å². The highest BCUT2D eigenvalue weighted by molar-refractivity contribution is 6.04. The van der Waals surface area contributed by atoms with Gasteiger partial charge in [0.05, 0.1) is 12.1 Å². The molecule has 0 fully saturated rings. The second-order valence-electron chi connectivity index (χ2n) is 6.28. The zero-order valence-corrected chi connectivity index (χ0v) is 14.6. The smallest absolute Gasteiger partial charge is 0.272 e. The van der Waals surface area contributed by atoms with Gasteiger partial charge in [0.25, 0.3) is 5.91 Å². The number of para-hydroxylation sites is 1. The van der Waals surface area contributed by atoms with E-state index in [9.17, 15) is 9.18 Å². The number of benzene rings is 3. The van der Waals surface area contributed by atoms with Crippen molar-refractivity contribution in [1.29, 1.82) is 0 Å². The molecule has 0 bridgehead atoms. The highest BCUT2D eigenvalue weighted by Gasteiger charge is 2.17. The predicted molar refractivity (Wildman–Crippen MR) is 103 cm³/mol. The zero-order valence-electron chi connectivity index (χ0n) is 14.6. The topological polar surface area (TPSA) is 46.9 Å². The van der Waals surface area contributed by atoms with Crippen molar-refractivity contribution in [2.75, 3.05) is 0 Å². The molecule has 0 spiro atoms. The summed E-state index contributed by atoms with van der Waals surface area (Å²) in [5.41, 5.74) is 2.78. The van der Waals surface area contributed by atoms with E-state index in [2.05, 4.69) is 10.4 Å². The maximum atomic E-state index is 13.8. The van der Waals surface area contributed by atoms with Crippen LogP contribution < -0.4 is 5.32 Å². The molecule has 0 saturated heterocycles. The van der Waals surface area contributed by atoms with Crippen LogP contribution in [-0.4, -0.2) is 15.7 Å². The summed E-state index contributed by atoms with van der Waals surface area (Å²) in [5, 5.41) is 8.08. The Kier molecular flexibility index (Phi) is 4.66. The number of fused-ring (bicyclic) bond motifs is 1. The summed E-state index contributed by atoms with van der Waals surface area (Å²) in [4.78, 5) is 12.7. The molecule has 134 valence electrons. The molecule has 5 heteroatoms. The molecule has 4 nitrogen and oxygen atoms in total. The fourth-order valence-electron chi connectivity index (χ4n) is 3.07. The van der Waals surface area contributed by atoms with Crippen molar-refractivity contribution >= 4 is 16.8 Å². The fraction of sp³-hybridized carbons (Fsp3) is 0.0909. The van der Waals surface area contributed by atoms with Gasteiger partial charge in [-0.15, -0.1) is 0 Å². The van der Waals surface area contributed by atoms with E-state index < -0.39 is 0 Å². The third-order valence-corrected chi connectivity index (χ3v) is 4.45. The summed E-state index contributed by atoms with van der Waals surface area (Å²) >= 11 is 0. The molecule has 0 unspecified atom stereocenters. The monoisotopic (exact) mass is 359 g/mol. The molecular weight excluding hydrogens is 341 g/mol. The summed E-state index contributed by atoms with van der Waals surface area (Å²) in [6.07, 6.45) is 0. The molecule has 27 heavy (non-hydrogen) atoms. The van der Waals surface area contributed by atoms with Gasteiger partial charge in [0.1, 0.15) is 5.82 Å². The first-order valence-corrected chi connectivity index (χ1v) is 8.73. The lowest BCUT2D eigenvalue weighted by Crippen LogP contribution is -2.24. The minimum atomic E-state index is -0.336. The first kappa shape index (κ1) is 17.0. The second-order valence-corrected chi connectivity index (χ2v) is 6.28. The van der Waals surface area contributed by atoms with Crippen molar-refractivity contribution in [2.45, 2.75) is 13.1 Å². The molecule has 3 aromatic carbocycles. The SMILES string of the molecule is O=C(NCc1ccccc1F)c1nn(Cc2ccccc2)c2ccccc12. The lowest BCUT2D eigenvalue weighted by molar-refractivity contribution is 0.0946. The van der Waals surface area contributed by atoms with Crippen molar-refractivity contribution in [1.82, 2.24) is 15.1 Å². The fourth-order valence-corrected chi connectivity index (χ4v) is 3.07. The van der Waals surface area contributed by atoms with Gasteiger partial charge >= 0.3 is 0 Å². The Morgan fingerprint density at radius 2 is 1.63 bits per heavy atom. The average molecular weight is 359 g/mol. The first-order chi connectivity index (χ1) is 13.2. The summed E-state index contributed by atoms with van der Waals surface area (Å²) < 4.78 is 15.6. The maximum absolute atomic E-state index is 13.8. The predicted octanol–water partition coefficient (Wildman–Crippen LogP) is 4.15.